The lowest BCUT2D eigenvalue weighted by Gasteiger charge is -2.32. The Hall–Kier alpha value is -13.3. The summed E-state index contributed by atoms with van der Waals surface area (Å²) < 4.78 is 75.9. The van der Waals surface area contributed by atoms with Crippen molar-refractivity contribution in [1.29, 1.82) is 0 Å². The highest BCUT2D eigenvalue weighted by molar-refractivity contribution is 6.66. The van der Waals surface area contributed by atoms with Gasteiger partial charge < -0.3 is 54.9 Å². The summed E-state index contributed by atoms with van der Waals surface area (Å²) in [5.74, 6) is 0. The Morgan fingerprint density at radius 3 is 1.07 bits per heavy atom. The molecule has 0 spiro atoms. The van der Waals surface area contributed by atoms with E-state index in [0.717, 1.165) is 154 Å². The Labute approximate surface area is 792 Å². The van der Waals surface area contributed by atoms with Crippen LogP contribution >= 0.6 is 0 Å². The van der Waals surface area contributed by atoms with E-state index in [1.807, 2.05) is 18.2 Å². The third-order valence-electron chi connectivity index (χ3n) is 30.4. The van der Waals surface area contributed by atoms with Gasteiger partial charge in [0.2, 0.25) is 0 Å². The molecule has 12 nitrogen and oxygen atoms in total. The highest BCUT2D eigenvalue weighted by Crippen LogP contribution is 2.48. The number of fused-ring (bicyclic) bond motifs is 18. The van der Waals surface area contributed by atoms with Gasteiger partial charge in [0.25, 0.3) is 0 Å². The summed E-state index contributed by atoms with van der Waals surface area (Å²) in [6, 6.07) is 119. The highest BCUT2D eigenvalue weighted by Gasteiger charge is 2.56. The molecule has 668 valence electrons. The van der Waals surface area contributed by atoms with Crippen LogP contribution in [0.5, 0.6) is 0 Å². The van der Waals surface area contributed by atoms with E-state index in [2.05, 4.69) is 432 Å². The van der Waals surface area contributed by atoms with Crippen LogP contribution in [0, 0.1) is 0 Å². The Morgan fingerprint density at radius 1 is 0.169 bits per heavy atom. The molecule has 0 aliphatic carbocycles. The van der Waals surface area contributed by atoms with Gasteiger partial charge in [-0.25, -0.2) is 0 Å². The number of rotatable bonds is 8. The lowest BCUT2D eigenvalue weighted by Crippen LogP contribution is -2.41. The lowest BCUT2D eigenvalue weighted by molar-refractivity contribution is 0.00578. The van der Waals surface area contributed by atoms with Crippen molar-refractivity contribution in [1.82, 2.24) is 0 Å². The maximum Gasteiger partial charge on any atom is 0.495 e. The minimum absolute atomic E-state index is 0.349. The van der Waals surface area contributed by atoms with Crippen LogP contribution < -0.4 is 21.9 Å². The largest absolute Gasteiger partial charge is 0.495 e. The van der Waals surface area contributed by atoms with Crippen molar-refractivity contribution in [2.45, 2.75) is 156 Å². The van der Waals surface area contributed by atoms with Crippen LogP contribution in [0.2, 0.25) is 0 Å². The molecular formula is C120H104B4O12. The van der Waals surface area contributed by atoms with Crippen molar-refractivity contribution in [2.24, 2.45) is 0 Å². The number of benzene rings is 18. The van der Waals surface area contributed by atoms with Gasteiger partial charge >= 0.3 is 28.5 Å². The van der Waals surface area contributed by atoms with Gasteiger partial charge in [-0.05, 0) is 327 Å². The van der Waals surface area contributed by atoms with Gasteiger partial charge in [-0.3, -0.25) is 0 Å². The molecule has 0 radical (unpaired) electrons. The number of hydrogen-bond donors (Lipinski definition) is 0. The quantitative estimate of drug-likeness (QED) is 0.134. The van der Waals surface area contributed by atoms with Crippen LogP contribution in [0.3, 0.4) is 0 Å². The summed E-state index contributed by atoms with van der Waals surface area (Å²) in [6.07, 6.45) is 0. The summed E-state index contributed by atoms with van der Waals surface area (Å²) in [7, 11) is -1.58. The molecule has 16 heteroatoms. The monoisotopic (exact) mass is 1780 g/mol. The van der Waals surface area contributed by atoms with Crippen molar-refractivity contribution in [3.05, 3.63) is 340 Å². The second kappa shape index (κ2) is 32.2. The predicted octanol–water partition coefficient (Wildman–Crippen LogP) is 29.1. The van der Waals surface area contributed by atoms with Crippen molar-refractivity contribution in [3.8, 4) is 44.5 Å². The fourth-order valence-electron chi connectivity index (χ4n) is 19.8. The topological polar surface area (TPSA) is 126 Å². The molecular weight excluding hydrogens is 1680 g/mol. The summed E-state index contributed by atoms with van der Waals surface area (Å²) in [6.45, 7) is 33.4. The molecule has 4 aromatic heterocycles. The van der Waals surface area contributed by atoms with Crippen LogP contribution in [0.15, 0.2) is 357 Å². The van der Waals surface area contributed by atoms with Gasteiger partial charge in [-0.1, -0.05) is 249 Å². The molecule has 4 aliphatic heterocycles. The Morgan fingerprint density at radius 2 is 0.522 bits per heavy atom. The third-order valence-corrected chi connectivity index (χ3v) is 30.4. The first-order valence-electron chi connectivity index (χ1n) is 47.3. The molecule has 4 aliphatic rings. The van der Waals surface area contributed by atoms with E-state index in [1.165, 1.54) is 65.0 Å². The zero-order valence-electron chi connectivity index (χ0n) is 79.5. The molecule has 4 fully saturated rings. The summed E-state index contributed by atoms with van der Waals surface area (Å²) in [4.78, 5) is 0. The van der Waals surface area contributed by atoms with Crippen LogP contribution in [-0.4, -0.2) is 73.3 Å². The van der Waals surface area contributed by atoms with E-state index in [-0.39, 0.29) is 47.8 Å². The van der Waals surface area contributed by atoms with E-state index in [1.54, 1.807) is 0 Å². The molecule has 26 rings (SSSR count). The minimum Gasteiger partial charge on any atom is -0.456 e. The van der Waals surface area contributed by atoms with Crippen LogP contribution in [0.25, 0.3) is 197 Å². The van der Waals surface area contributed by atoms with Gasteiger partial charge in [0.15, 0.2) is 0 Å². The average molecular weight is 1780 g/mol. The fourth-order valence-corrected chi connectivity index (χ4v) is 19.8. The normalized spacial score (nSPS) is 17.3. The van der Waals surface area contributed by atoms with Crippen molar-refractivity contribution < 1.29 is 54.9 Å². The molecule has 0 N–H and O–H groups in total. The van der Waals surface area contributed by atoms with Crippen LogP contribution in [0.4, 0.5) is 0 Å². The van der Waals surface area contributed by atoms with Crippen molar-refractivity contribution in [3.63, 3.8) is 0 Å². The molecule has 0 amide bonds. The van der Waals surface area contributed by atoms with Gasteiger partial charge in [0.05, 0.1) is 44.8 Å². The van der Waals surface area contributed by atoms with Gasteiger partial charge in [0.1, 0.15) is 44.7 Å². The predicted molar refractivity (Wildman–Crippen MR) is 565 cm³/mol. The van der Waals surface area contributed by atoms with Crippen LogP contribution in [-0.2, 0) is 37.2 Å². The first kappa shape index (κ1) is 86.8. The Balaban J connectivity index is 0.000000102. The standard InChI is InChI=1S/2C32H27BO3.2C28H25BO3/c1-31(2)32(3,4)36-33(35-31)28-15-14-23(24-11-7-8-12-25(24)28)22-13-16-29-26(18-22)27-17-20-9-5-6-10-21(20)19-30(27)34-29;1-31(2)32(3,4)36-33(35-31)26-13-11-23-15-22(9-10-24(23)16-26)25-12-14-27-28-17-20-7-5-6-8-21(20)18-30(28)34-29(27)19-25;1-27(2)28(3,4)32-29(31-27)23-15-9-7-14-21(23)25-19-12-6-5-11-18(19)17-22-20-13-8-10-16-24(20)30-26(22)25;1-27(2)28(3,4)32-29(31-27)22-11-7-10-18(14-22)21-12-13-23-24-15-19-8-5-6-9-20(19)16-26(24)30-25(23)17-21/h2*5-19H,1-4H3;2*5-17H,1-4H3. The number of para-hydroxylation sites is 1. The van der Waals surface area contributed by atoms with Gasteiger partial charge in [-0.2, -0.15) is 0 Å². The van der Waals surface area contributed by atoms with Crippen molar-refractivity contribution >= 4 is 203 Å². The first-order valence-corrected chi connectivity index (χ1v) is 47.3. The second-order valence-corrected chi connectivity index (χ2v) is 41.1. The average Bonchev–Trinajstić information content (AvgIpc) is 1.58. The molecule has 4 saturated heterocycles. The minimum atomic E-state index is -0.449. The fraction of sp³-hybridized carbons (Fsp3) is 0.200. The zero-order valence-corrected chi connectivity index (χ0v) is 79.5. The van der Waals surface area contributed by atoms with E-state index in [0.29, 0.717) is 0 Å². The SMILES string of the molecule is CC1(C)OB(c2ccc(-c3ccc4oc5cc6ccccc6cc5c4c3)c3ccccc23)OC1(C)C.CC1(C)OB(c2ccc3cc(-c4ccc5c(c4)oc4cc6ccccc6cc45)ccc3c2)OC1(C)C.CC1(C)OB(c2cccc(-c3ccc4c(c3)oc3cc5ccccc5cc34)c2)OC1(C)C.CC1(C)OB(c2ccccc2-c2c3ccccc3cc3c2oc2ccccc23)OC1(C)C. The third kappa shape index (κ3) is 15.0. The van der Waals surface area contributed by atoms with Gasteiger partial charge in [-0.15, -0.1) is 0 Å². The molecule has 0 unspecified atom stereocenters. The van der Waals surface area contributed by atoms with E-state index >= 15 is 0 Å². The summed E-state index contributed by atoms with van der Waals surface area (Å²) in [5.41, 5.74) is 17.5. The highest BCUT2D eigenvalue weighted by atomic mass is 16.7. The molecule has 0 atom stereocenters. The number of furan rings is 4. The van der Waals surface area contributed by atoms with E-state index in [9.17, 15) is 0 Å². The summed E-state index contributed by atoms with van der Waals surface area (Å²) in [5, 5.41) is 23.4. The smallest absolute Gasteiger partial charge is 0.456 e. The lowest BCUT2D eigenvalue weighted by atomic mass is 9.73. The molecule has 18 aromatic carbocycles. The Kier molecular flexibility index (Phi) is 20.5. The molecule has 0 saturated carbocycles. The number of hydrogen-bond acceptors (Lipinski definition) is 12. The first-order chi connectivity index (χ1) is 65.2. The van der Waals surface area contributed by atoms with Crippen molar-refractivity contribution in [2.75, 3.05) is 0 Å². The van der Waals surface area contributed by atoms with E-state index in [4.69, 9.17) is 54.9 Å². The second-order valence-electron chi connectivity index (χ2n) is 41.1. The Bertz CT molecular complexity index is 8540. The molecule has 0 bridgehead atoms. The molecule has 22 aromatic rings. The van der Waals surface area contributed by atoms with E-state index < -0.39 is 25.4 Å². The molecule has 8 heterocycles. The zero-order chi connectivity index (χ0) is 93.5. The van der Waals surface area contributed by atoms with Gasteiger partial charge in [0, 0.05) is 48.7 Å². The molecule has 136 heavy (non-hydrogen) atoms. The summed E-state index contributed by atoms with van der Waals surface area (Å²) >= 11 is 0. The maximum absolute atomic E-state index is 6.46. The maximum atomic E-state index is 6.46. The van der Waals surface area contributed by atoms with Crippen LogP contribution in [0.1, 0.15) is 111 Å².